The highest BCUT2D eigenvalue weighted by molar-refractivity contribution is 5.90. The highest BCUT2D eigenvalue weighted by atomic mass is 16.3. The molecular weight excluding hydrogens is 252 g/mol. The number of fused-ring (bicyclic) bond motifs is 1. The standard InChI is InChI=1S/C16H20N2O2/c1-11-3-2-4-14-13(8-17-16(11)14)7-15(20)18-6-5-12(9-18)10-19/h2-4,8,12,17,19H,5-7,9-10H2,1H3. The van der Waals surface area contributed by atoms with Gasteiger partial charge < -0.3 is 15.0 Å². The second kappa shape index (κ2) is 5.29. The topological polar surface area (TPSA) is 56.3 Å². The van der Waals surface area contributed by atoms with E-state index in [-0.39, 0.29) is 18.4 Å². The maximum atomic E-state index is 12.3. The molecular formula is C16H20N2O2. The van der Waals surface area contributed by atoms with E-state index in [9.17, 15) is 4.79 Å². The number of benzene rings is 1. The monoisotopic (exact) mass is 272 g/mol. The van der Waals surface area contributed by atoms with Gasteiger partial charge in [0.15, 0.2) is 0 Å². The summed E-state index contributed by atoms with van der Waals surface area (Å²) in [6, 6.07) is 6.15. The van der Waals surface area contributed by atoms with Crippen molar-refractivity contribution in [3.63, 3.8) is 0 Å². The predicted molar refractivity (Wildman–Crippen MR) is 78.5 cm³/mol. The number of nitrogens with zero attached hydrogens (tertiary/aromatic N) is 1. The minimum atomic E-state index is 0.156. The van der Waals surface area contributed by atoms with Crippen molar-refractivity contribution in [2.24, 2.45) is 5.92 Å². The molecule has 0 aliphatic carbocycles. The number of nitrogens with one attached hydrogen (secondary N) is 1. The van der Waals surface area contributed by atoms with E-state index in [0.29, 0.717) is 13.0 Å². The van der Waals surface area contributed by atoms with Crippen molar-refractivity contribution < 1.29 is 9.90 Å². The molecule has 2 N–H and O–H groups in total. The van der Waals surface area contributed by atoms with Crippen LogP contribution in [0.5, 0.6) is 0 Å². The molecule has 20 heavy (non-hydrogen) atoms. The molecule has 2 heterocycles. The summed E-state index contributed by atoms with van der Waals surface area (Å²) >= 11 is 0. The average molecular weight is 272 g/mol. The summed E-state index contributed by atoms with van der Waals surface area (Å²) < 4.78 is 0. The van der Waals surface area contributed by atoms with Crippen molar-refractivity contribution in [2.45, 2.75) is 19.8 Å². The van der Waals surface area contributed by atoms with Gasteiger partial charge in [0.1, 0.15) is 0 Å². The Morgan fingerprint density at radius 1 is 1.50 bits per heavy atom. The largest absolute Gasteiger partial charge is 0.396 e. The van der Waals surface area contributed by atoms with Gasteiger partial charge in [0, 0.05) is 42.7 Å². The van der Waals surface area contributed by atoms with Gasteiger partial charge >= 0.3 is 0 Å². The van der Waals surface area contributed by atoms with Gasteiger partial charge in [0.2, 0.25) is 5.91 Å². The Kier molecular flexibility index (Phi) is 3.49. The number of carbonyl (C=O) groups is 1. The van der Waals surface area contributed by atoms with Crippen molar-refractivity contribution in [2.75, 3.05) is 19.7 Å². The lowest BCUT2D eigenvalue weighted by molar-refractivity contribution is -0.129. The summed E-state index contributed by atoms with van der Waals surface area (Å²) in [5.74, 6) is 0.410. The Morgan fingerprint density at radius 2 is 2.35 bits per heavy atom. The molecule has 1 atom stereocenters. The summed E-state index contributed by atoms with van der Waals surface area (Å²) in [5, 5.41) is 10.3. The van der Waals surface area contributed by atoms with Crippen LogP contribution in [-0.4, -0.2) is 40.6 Å². The second-order valence-corrected chi connectivity index (χ2v) is 5.67. The molecule has 2 aromatic rings. The van der Waals surface area contributed by atoms with E-state index in [0.717, 1.165) is 29.4 Å². The number of amides is 1. The van der Waals surface area contributed by atoms with Gasteiger partial charge in [-0.25, -0.2) is 0 Å². The normalized spacial score (nSPS) is 18.9. The maximum absolute atomic E-state index is 12.3. The summed E-state index contributed by atoms with van der Waals surface area (Å²) in [6.07, 6.45) is 3.28. The van der Waals surface area contributed by atoms with Gasteiger partial charge in [-0.05, 0) is 24.5 Å². The van der Waals surface area contributed by atoms with Gasteiger partial charge in [-0.2, -0.15) is 0 Å². The Balaban J connectivity index is 1.77. The van der Waals surface area contributed by atoms with Crippen LogP contribution >= 0.6 is 0 Å². The van der Waals surface area contributed by atoms with Crippen LogP contribution in [0, 0.1) is 12.8 Å². The number of aliphatic hydroxyl groups excluding tert-OH is 1. The van der Waals surface area contributed by atoms with E-state index in [2.05, 4.69) is 24.0 Å². The molecule has 0 saturated carbocycles. The summed E-state index contributed by atoms with van der Waals surface area (Å²) in [5.41, 5.74) is 3.37. The zero-order valence-electron chi connectivity index (χ0n) is 11.7. The molecule has 1 aliphatic rings. The number of aryl methyl sites for hydroxylation is 1. The summed E-state index contributed by atoms with van der Waals surface area (Å²) in [7, 11) is 0. The van der Waals surface area contributed by atoms with E-state index in [1.54, 1.807) is 0 Å². The number of likely N-dealkylation sites (tertiary alicyclic amines) is 1. The van der Waals surface area contributed by atoms with Crippen LogP contribution in [-0.2, 0) is 11.2 Å². The molecule has 4 heteroatoms. The minimum absolute atomic E-state index is 0.156. The lowest BCUT2D eigenvalue weighted by atomic mass is 10.1. The zero-order valence-corrected chi connectivity index (χ0v) is 11.7. The first-order chi connectivity index (χ1) is 9.69. The number of para-hydroxylation sites is 1. The van der Waals surface area contributed by atoms with Crippen molar-refractivity contribution in [1.82, 2.24) is 9.88 Å². The van der Waals surface area contributed by atoms with Crippen molar-refractivity contribution in [3.05, 3.63) is 35.5 Å². The lowest BCUT2D eigenvalue weighted by Gasteiger charge is -2.15. The molecule has 1 unspecified atom stereocenters. The van der Waals surface area contributed by atoms with Crippen LogP contribution < -0.4 is 0 Å². The SMILES string of the molecule is Cc1cccc2c(CC(=O)N3CCC(CO)C3)c[nH]c12. The van der Waals surface area contributed by atoms with E-state index in [4.69, 9.17) is 5.11 Å². The van der Waals surface area contributed by atoms with E-state index in [1.807, 2.05) is 17.2 Å². The minimum Gasteiger partial charge on any atom is -0.396 e. The number of aromatic amines is 1. The molecule has 1 amide bonds. The molecule has 106 valence electrons. The highest BCUT2D eigenvalue weighted by Crippen LogP contribution is 2.23. The fourth-order valence-electron chi connectivity index (χ4n) is 2.99. The van der Waals surface area contributed by atoms with E-state index < -0.39 is 0 Å². The molecule has 0 radical (unpaired) electrons. The Labute approximate surface area is 118 Å². The number of H-pyrrole nitrogens is 1. The van der Waals surface area contributed by atoms with Crippen LogP contribution in [0.2, 0.25) is 0 Å². The molecule has 1 fully saturated rings. The number of hydrogen-bond acceptors (Lipinski definition) is 2. The molecule has 0 bridgehead atoms. The van der Waals surface area contributed by atoms with Gasteiger partial charge in [0.05, 0.1) is 6.42 Å². The zero-order chi connectivity index (χ0) is 14.1. The predicted octanol–water partition coefficient (Wildman–Crippen LogP) is 1.86. The Morgan fingerprint density at radius 3 is 3.10 bits per heavy atom. The average Bonchev–Trinajstić information content (AvgIpc) is 3.07. The van der Waals surface area contributed by atoms with Crippen LogP contribution in [0.25, 0.3) is 10.9 Å². The second-order valence-electron chi connectivity index (χ2n) is 5.67. The van der Waals surface area contributed by atoms with Gasteiger partial charge in [-0.1, -0.05) is 18.2 Å². The summed E-state index contributed by atoms with van der Waals surface area (Å²) in [6.45, 7) is 3.70. The molecule has 1 aromatic carbocycles. The third kappa shape index (κ3) is 2.31. The maximum Gasteiger partial charge on any atom is 0.227 e. The number of hydrogen-bond donors (Lipinski definition) is 2. The highest BCUT2D eigenvalue weighted by Gasteiger charge is 2.25. The Hall–Kier alpha value is -1.81. The molecule has 3 rings (SSSR count). The summed E-state index contributed by atoms with van der Waals surface area (Å²) in [4.78, 5) is 17.5. The lowest BCUT2D eigenvalue weighted by Crippen LogP contribution is -2.30. The van der Waals surface area contributed by atoms with Crippen molar-refractivity contribution in [3.8, 4) is 0 Å². The van der Waals surface area contributed by atoms with Crippen LogP contribution in [0.4, 0.5) is 0 Å². The van der Waals surface area contributed by atoms with Crippen LogP contribution in [0.3, 0.4) is 0 Å². The van der Waals surface area contributed by atoms with Gasteiger partial charge in [0.25, 0.3) is 0 Å². The van der Waals surface area contributed by atoms with Gasteiger partial charge in [-0.3, -0.25) is 4.79 Å². The van der Waals surface area contributed by atoms with Crippen LogP contribution in [0.1, 0.15) is 17.5 Å². The first-order valence-corrected chi connectivity index (χ1v) is 7.13. The number of aromatic nitrogens is 1. The van der Waals surface area contributed by atoms with Crippen molar-refractivity contribution >= 4 is 16.8 Å². The quantitative estimate of drug-likeness (QED) is 0.896. The first-order valence-electron chi connectivity index (χ1n) is 7.13. The van der Waals surface area contributed by atoms with E-state index in [1.165, 1.54) is 5.56 Å². The third-order valence-corrected chi connectivity index (χ3v) is 4.25. The molecule has 1 aromatic heterocycles. The number of aliphatic hydroxyl groups is 1. The molecule has 4 nitrogen and oxygen atoms in total. The van der Waals surface area contributed by atoms with Gasteiger partial charge in [-0.15, -0.1) is 0 Å². The number of carbonyl (C=O) groups excluding carboxylic acids is 1. The van der Waals surface area contributed by atoms with E-state index >= 15 is 0 Å². The first kappa shape index (κ1) is 13.2. The van der Waals surface area contributed by atoms with Crippen LogP contribution in [0.15, 0.2) is 24.4 Å². The smallest absolute Gasteiger partial charge is 0.227 e. The molecule has 1 aliphatic heterocycles. The third-order valence-electron chi connectivity index (χ3n) is 4.25. The molecule has 1 saturated heterocycles. The number of rotatable bonds is 3. The van der Waals surface area contributed by atoms with Crippen molar-refractivity contribution in [1.29, 1.82) is 0 Å². The Bertz CT molecular complexity index is 632. The fourth-order valence-corrected chi connectivity index (χ4v) is 2.99. The fraction of sp³-hybridized carbons (Fsp3) is 0.438. The molecule has 0 spiro atoms.